The van der Waals surface area contributed by atoms with Crippen LogP contribution in [0, 0.1) is 5.92 Å². The van der Waals surface area contributed by atoms with Crippen molar-refractivity contribution in [1.82, 2.24) is 0 Å². The zero-order chi connectivity index (χ0) is 20.0. The van der Waals surface area contributed by atoms with Gasteiger partial charge in [0.2, 0.25) is 0 Å². The molecule has 0 aromatic rings. The van der Waals surface area contributed by atoms with Gasteiger partial charge in [-0.2, -0.15) is 42.5 Å². The number of hydrogen-bond acceptors (Lipinski definition) is 2. The van der Waals surface area contributed by atoms with E-state index in [1.165, 1.54) is 11.8 Å². The average molecular weight is 542 g/mol. The maximum Gasteiger partial charge on any atom is 0.461 e. The van der Waals surface area contributed by atoms with Gasteiger partial charge in [0.05, 0.1) is 4.32 Å². The van der Waals surface area contributed by atoms with Crippen LogP contribution < -0.4 is 0 Å². The normalized spacial score (nSPS) is 28.2. The van der Waals surface area contributed by atoms with Gasteiger partial charge in [0, 0.05) is 20.6 Å². The van der Waals surface area contributed by atoms with Crippen molar-refractivity contribution in [2.45, 2.75) is 40.8 Å². The summed E-state index contributed by atoms with van der Waals surface area (Å²) >= 11 is 7.73. The Labute approximate surface area is 163 Å². The number of allylic oxidation sites excluding steroid dienone is 3. The third kappa shape index (κ3) is 4.01. The van der Waals surface area contributed by atoms with Gasteiger partial charge >= 0.3 is 17.4 Å². The summed E-state index contributed by atoms with van der Waals surface area (Å²) in [5, 5.41) is -6.11. The SMILES string of the molecule is CSC(C)C1(Br)C=C(S(=O)C(F)(F)C(F)(F)C(F)(F)F)C=C(Br)C1C. The molecule has 4 unspecified atom stereocenters. The molecule has 0 aromatic heterocycles. The summed E-state index contributed by atoms with van der Waals surface area (Å²) in [5.74, 6) is -6.79. The van der Waals surface area contributed by atoms with Crippen molar-refractivity contribution in [3.05, 3.63) is 21.5 Å². The third-order valence-corrected chi connectivity index (χ3v) is 9.17. The molecule has 146 valence electrons. The Morgan fingerprint density at radius 3 is 2.12 bits per heavy atom. The van der Waals surface area contributed by atoms with Gasteiger partial charge in [-0.1, -0.05) is 45.7 Å². The van der Waals surface area contributed by atoms with E-state index in [4.69, 9.17) is 0 Å². The van der Waals surface area contributed by atoms with Crippen LogP contribution in [0.15, 0.2) is 21.5 Å². The van der Waals surface area contributed by atoms with Gasteiger partial charge in [-0.05, 0) is 18.4 Å². The van der Waals surface area contributed by atoms with Gasteiger partial charge in [0.25, 0.3) is 0 Å². The van der Waals surface area contributed by atoms with E-state index in [9.17, 15) is 34.9 Å². The summed E-state index contributed by atoms with van der Waals surface area (Å²) in [7, 11) is -3.92. The monoisotopic (exact) mass is 540 g/mol. The predicted molar refractivity (Wildman–Crippen MR) is 93.0 cm³/mol. The van der Waals surface area contributed by atoms with Crippen molar-refractivity contribution < 1.29 is 34.9 Å². The molecule has 0 fully saturated rings. The fraction of sp³-hybridized carbons (Fsp3) is 0.692. The zero-order valence-corrected chi connectivity index (χ0v) is 17.7. The number of alkyl halides is 8. The molecule has 0 amide bonds. The number of thioether (sulfide) groups is 1. The molecule has 0 N–H and O–H groups in total. The van der Waals surface area contributed by atoms with E-state index >= 15 is 0 Å². The molecular weight excluding hydrogens is 529 g/mol. The van der Waals surface area contributed by atoms with Crippen molar-refractivity contribution in [3.63, 3.8) is 0 Å². The fourth-order valence-electron chi connectivity index (χ4n) is 2.04. The zero-order valence-electron chi connectivity index (χ0n) is 12.9. The van der Waals surface area contributed by atoms with Crippen molar-refractivity contribution in [2.75, 3.05) is 6.26 Å². The minimum absolute atomic E-state index is 0.252. The summed E-state index contributed by atoms with van der Waals surface area (Å²) < 4.78 is 102. The van der Waals surface area contributed by atoms with Crippen LogP contribution >= 0.6 is 43.6 Å². The molecule has 1 aliphatic rings. The fourth-order valence-corrected chi connectivity index (χ4v) is 6.15. The second-order valence-electron chi connectivity index (χ2n) is 5.36. The van der Waals surface area contributed by atoms with Crippen LogP contribution in [0.3, 0.4) is 0 Å². The summed E-state index contributed by atoms with van der Waals surface area (Å²) in [6.45, 7) is 3.40. The molecule has 0 heterocycles. The number of rotatable bonds is 5. The molecule has 25 heavy (non-hydrogen) atoms. The van der Waals surface area contributed by atoms with Crippen LogP contribution in [0.25, 0.3) is 0 Å². The highest BCUT2D eigenvalue weighted by molar-refractivity contribution is 9.12. The lowest BCUT2D eigenvalue weighted by Crippen LogP contribution is -2.54. The smallest absolute Gasteiger partial charge is 0.248 e. The number of halogens is 9. The Kier molecular flexibility index (Phi) is 7.01. The van der Waals surface area contributed by atoms with E-state index in [-0.39, 0.29) is 15.7 Å². The van der Waals surface area contributed by atoms with Gasteiger partial charge in [-0.25, -0.2) is 4.21 Å². The topological polar surface area (TPSA) is 17.1 Å². The molecule has 0 aromatic carbocycles. The van der Waals surface area contributed by atoms with Crippen LogP contribution in [0.4, 0.5) is 30.7 Å². The highest BCUT2D eigenvalue weighted by Gasteiger charge is 2.76. The van der Waals surface area contributed by atoms with Crippen LogP contribution in [0.1, 0.15) is 13.8 Å². The lowest BCUT2D eigenvalue weighted by Gasteiger charge is -2.39. The van der Waals surface area contributed by atoms with E-state index in [2.05, 4.69) is 31.9 Å². The first-order chi connectivity index (χ1) is 11.0. The molecule has 0 radical (unpaired) electrons. The molecule has 1 nitrogen and oxygen atoms in total. The number of hydrogen-bond donors (Lipinski definition) is 0. The van der Waals surface area contributed by atoms with Crippen LogP contribution in [0.5, 0.6) is 0 Å². The minimum atomic E-state index is -6.53. The molecule has 0 aliphatic heterocycles. The average Bonchev–Trinajstić information content (AvgIpc) is 2.49. The Morgan fingerprint density at radius 1 is 1.24 bits per heavy atom. The maximum atomic E-state index is 13.8. The Morgan fingerprint density at radius 2 is 1.72 bits per heavy atom. The molecule has 12 heteroatoms. The third-order valence-electron chi connectivity index (χ3n) is 3.87. The first-order valence-electron chi connectivity index (χ1n) is 6.60. The standard InChI is InChI=1S/C13H13Br2F7OS2/c1-6-9(14)4-8(5-10(6,15)7(2)24-3)25(23)13(21,22)11(16,17)12(18,19)20/h4-7H,1-3H3. The molecule has 0 saturated heterocycles. The highest BCUT2D eigenvalue weighted by Crippen LogP contribution is 2.52. The minimum Gasteiger partial charge on any atom is -0.248 e. The van der Waals surface area contributed by atoms with E-state index in [0.717, 1.165) is 12.2 Å². The molecule has 0 bridgehead atoms. The van der Waals surface area contributed by atoms with E-state index < -0.39 is 37.4 Å². The second-order valence-corrected chi connectivity index (χ2v) is 10.3. The van der Waals surface area contributed by atoms with E-state index in [0.29, 0.717) is 0 Å². The van der Waals surface area contributed by atoms with Crippen LogP contribution in [-0.4, -0.2) is 37.4 Å². The second kappa shape index (κ2) is 7.46. The van der Waals surface area contributed by atoms with E-state index in [1.807, 2.05) is 0 Å². The van der Waals surface area contributed by atoms with Gasteiger partial charge in [0.1, 0.15) is 10.8 Å². The summed E-state index contributed by atoms with van der Waals surface area (Å²) in [5.41, 5.74) is 0. The molecule has 0 saturated carbocycles. The molecule has 4 atom stereocenters. The lowest BCUT2D eigenvalue weighted by molar-refractivity contribution is -0.331. The summed E-state index contributed by atoms with van der Waals surface area (Å²) in [6, 6.07) is 0. The van der Waals surface area contributed by atoms with Crippen LogP contribution in [0.2, 0.25) is 0 Å². The molecule has 1 aliphatic carbocycles. The first-order valence-corrected chi connectivity index (χ1v) is 10.6. The summed E-state index contributed by atoms with van der Waals surface area (Å²) in [6.07, 6.45) is -2.90. The summed E-state index contributed by atoms with van der Waals surface area (Å²) in [4.78, 5) is -0.809. The van der Waals surface area contributed by atoms with E-state index in [1.54, 1.807) is 20.1 Å². The molecule has 0 spiro atoms. The predicted octanol–water partition coefficient (Wildman–Crippen LogP) is 6.22. The van der Waals surface area contributed by atoms with Gasteiger partial charge in [0.15, 0.2) is 0 Å². The van der Waals surface area contributed by atoms with Gasteiger partial charge < -0.3 is 0 Å². The molecular formula is C13H13Br2F7OS2. The lowest BCUT2D eigenvalue weighted by atomic mass is 9.87. The van der Waals surface area contributed by atoms with Crippen LogP contribution in [-0.2, 0) is 10.8 Å². The van der Waals surface area contributed by atoms with Gasteiger partial charge in [-0.15, -0.1) is 0 Å². The van der Waals surface area contributed by atoms with Gasteiger partial charge in [-0.3, -0.25) is 0 Å². The maximum absolute atomic E-state index is 13.8. The Bertz CT molecular complexity index is 618. The largest absolute Gasteiger partial charge is 0.461 e. The molecule has 1 rings (SSSR count). The van der Waals surface area contributed by atoms with Crippen molar-refractivity contribution in [1.29, 1.82) is 0 Å². The van der Waals surface area contributed by atoms with Crippen molar-refractivity contribution >= 4 is 54.4 Å². The van der Waals surface area contributed by atoms with Crippen molar-refractivity contribution in [2.24, 2.45) is 5.92 Å². The van der Waals surface area contributed by atoms with Crippen molar-refractivity contribution in [3.8, 4) is 0 Å². The highest BCUT2D eigenvalue weighted by atomic mass is 79.9. The Balaban J connectivity index is 3.44. The Hall–Kier alpha value is 0.450. The first kappa shape index (κ1) is 23.5. The quantitative estimate of drug-likeness (QED) is 0.303.